The van der Waals surface area contributed by atoms with Crippen molar-refractivity contribution in [3.8, 4) is 0 Å². The molecule has 0 atom stereocenters. The monoisotopic (exact) mass is 296 g/mol. The molecule has 1 aromatic rings. The van der Waals surface area contributed by atoms with Gasteiger partial charge in [0.2, 0.25) is 11.6 Å². The maximum absolute atomic E-state index is 12.9. The first kappa shape index (κ1) is 14.6. The van der Waals surface area contributed by atoms with Crippen molar-refractivity contribution in [2.45, 2.75) is 19.3 Å². The van der Waals surface area contributed by atoms with E-state index >= 15 is 0 Å². The van der Waals surface area contributed by atoms with E-state index < -0.39 is 0 Å². The molecule has 1 aliphatic heterocycles. The van der Waals surface area contributed by atoms with Gasteiger partial charge in [-0.15, -0.1) is 6.58 Å². The van der Waals surface area contributed by atoms with Crippen LogP contribution in [0.15, 0.2) is 48.3 Å². The first-order chi connectivity index (χ1) is 10.7. The van der Waals surface area contributed by atoms with E-state index in [0.29, 0.717) is 29.1 Å². The van der Waals surface area contributed by atoms with Crippen LogP contribution in [-0.4, -0.2) is 36.1 Å². The molecule has 114 valence electrons. The Kier molecular flexibility index (Phi) is 4.09. The highest BCUT2D eigenvalue weighted by atomic mass is 16.1. The van der Waals surface area contributed by atoms with Crippen molar-refractivity contribution in [1.82, 2.24) is 10.2 Å². The Morgan fingerprint density at radius 2 is 1.68 bits per heavy atom. The molecule has 1 N–H and O–H groups in total. The minimum atomic E-state index is -0.0994. The number of fused-ring (bicyclic) bond motifs is 1. The summed E-state index contributed by atoms with van der Waals surface area (Å²) < 4.78 is 0. The van der Waals surface area contributed by atoms with E-state index in [1.165, 1.54) is 6.42 Å². The van der Waals surface area contributed by atoms with E-state index in [2.05, 4.69) is 16.8 Å². The molecule has 4 nitrogen and oxygen atoms in total. The summed E-state index contributed by atoms with van der Waals surface area (Å²) in [7, 11) is 0. The number of carbonyl (C=O) groups is 2. The third-order valence-electron chi connectivity index (χ3n) is 4.19. The van der Waals surface area contributed by atoms with Gasteiger partial charge in [-0.2, -0.15) is 0 Å². The SMILES string of the molecule is C=CCNC1=C(N2CCCCC2)C(=O)c2ccccc2C1=O. The Morgan fingerprint density at radius 3 is 2.32 bits per heavy atom. The standard InChI is InChI=1S/C18H20N2O2/c1-2-10-19-15-16(20-11-6-3-7-12-20)18(22)14-9-5-4-8-13(14)17(15)21/h2,4-5,8-9,19H,1,3,6-7,10-12H2. The fraction of sp³-hybridized carbons (Fsp3) is 0.333. The lowest BCUT2D eigenvalue weighted by atomic mass is 9.89. The number of nitrogens with zero attached hydrogens (tertiary/aromatic N) is 1. The highest BCUT2D eigenvalue weighted by Gasteiger charge is 2.35. The van der Waals surface area contributed by atoms with Crippen LogP contribution in [0.4, 0.5) is 0 Å². The number of allylic oxidation sites excluding steroid dienone is 2. The van der Waals surface area contributed by atoms with Crippen LogP contribution in [0.1, 0.15) is 40.0 Å². The maximum Gasteiger partial charge on any atom is 0.212 e. The van der Waals surface area contributed by atoms with Crippen LogP contribution in [0.2, 0.25) is 0 Å². The zero-order valence-corrected chi connectivity index (χ0v) is 12.6. The molecule has 0 bridgehead atoms. The van der Waals surface area contributed by atoms with Crippen molar-refractivity contribution < 1.29 is 9.59 Å². The van der Waals surface area contributed by atoms with E-state index in [1.807, 2.05) is 0 Å². The average molecular weight is 296 g/mol. The van der Waals surface area contributed by atoms with Gasteiger partial charge in [0.1, 0.15) is 11.4 Å². The van der Waals surface area contributed by atoms with Crippen LogP contribution in [0.5, 0.6) is 0 Å². The molecule has 0 saturated carbocycles. The predicted octanol–water partition coefficient (Wildman–Crippen LogP) is 2.54. The minimum absolute atomic E-state index is 0.0522. The molecule has 0 radical (unpaired) electrons. The summed E-state index contributed by atoms with van der Waals surface area (Å²) in [5.74, 6) is -0.152. The molecule has 1 aromatic carbocycles. The second-order valence-corrected chi connectivity index (χ2v) is 5.64. The van der Waals surface area contributed by atoms with Crippen LogP contribution in [-0.2, 0) is 0 Å². The number of rotatable bonds is 4. The summed E-state index contributed by atoms with van der Waals surface area (Å²) in [5, 5.41) is 3.09. The molecule has 2 aliphatic rings. The molecule has 1 heterocycles. The predicted molar refractivity (Wildman–Crippen MR) is 85.8 cm³/mol. The lowest BCUT2D eigenvalue weighted by Crippen LogP contribution is -2.40. The molecular weight excluding hydrogens is 276 g/mol. The number of benzene rings is 1. The fourth-order valence-corrected chi connectivity index (χ4v) is 3.12. The number of Topliss-reactive ketones (excluding diaryl/α,β-unsaturated/α-hetero) is 2. The molecular formula is C18H20N2O2. The van der Waals surface area contributed by atoms with Crippen LogP contribution >= 0.6 is 0 Å². The Morgan fingerprint density at radius 1 is 1.05 bits per heavy atom. The summed E-state index contributed by atoms with van der Waals surface area (Å²) in [4.78, 5) is 27.8. The van der Waals surface area contributed by atoms with Gasteiger partial charge in [0.05, 0.1) is 0 Å². The van der Waals surface area contributed by atoms with Gasteiger partial charge >= 0.3 is 0 Å². The average Bonchev–Trinajstić information content (AvgIpc) is 2.57. The van der Waals surface area contributed by atoms with Crippen molar-refractivity contribution in [1.29, 1.82) is 0 Å². The Balaban J connectivity index is 2.08. The number of ketones is 2. The first-order valence-electron chi connectivity index (χ1n) is 7.76. The van der Waals surface area contributed by atoms with E-state index in [0.717, 1.165) is 25.9 Å². The topological polar surface area (TPSA) is 49.4 Å². The van der Waals surface area contributed by atoms with Crippen molar-refractivity contribution in [2.24, 2.45) is 0 Å². The largest absolute Gasteiger partial charge is 0.377 e. The molecule has 0 amide bonds. The number of hydrogen-bond donors (Lipinski definition) is 1. The van der Waals surface area contributed by atoms with Crippen molar-refractivity contribution in [3.05, 3.63) is 59.4 Å². The molecule has 1 aliphatic carbocycles. The summed E-state index contributed by atoms with van der Waals surface area (Å²) in [6.45, 7) is 5.80. The summed E-state index contributed by atoms with van der Waals surface area (Å²) in [5.41, 5.74) is 1.95. The van der Waals surface area contributed by atoms with Gasteiger partial charge in [-0.3, -0.25) is 9.59 Å². The summed E-state index contributed by atoms with van der Waals surface area (Å²) in [6.07, 6.45) is 4.99. The number of carbonyl (C=O) groups excluding carboxylic acids is 2. The lowest BCUT2D eigenvalue weighted by Gasteiger charge is -2.34. The first-order valence-corrected chi connectivity index (χ1v) is 7.76. The van der Waals surface area contributed by atoms with Crippen LogP contribution in [0.25, 0.3) is 0 Å². The fourth-order valence-electron chi connectivity index (χ4n) is 3.12. The highest BCUT2D eigenvalue weighted by molar-refractivity contribution is 6.26. The normalized spacial score (nSPS) is 18.3. The van der Waals surface area contributed by atoms with E-state index in [9.17, 15) is 9.59 Å². The highest BCUT2D eigenvalue weighted by Crippen LogP contribution is 2.29. The van der Waals surface area contributed by atoms with Gasteiger partial charge in [-0.1, -0.05) is 30.3 Å². The van der Waals surface area contributed by atoms with Gasteiger partial charge < -0.3 is 10.2 Å². The van der Waals surface area contributed by atoms with Gasteiger partial charge in [0.25, 0.3) is 0 Å². The minimum Gasteiger partial charge on any atom is -0.377 e. The Hall–Kier alpha value is -2.36. The van der Waals surface area contributed by atoms with Crippen molar-refractivity contribution in [3.63, 3.8) is 0 Å². The number of likely N-dealkylation sites (tertiary alicyclic amines) is 1. The Bertz CT molecular complexity index is 655. The lowest BCUT2D eigenvalue weighted by molar-refractivity contribution is 0.0928. The zero-order valence-electron chi connectivity index (χ0n) is 12.6. The van der Waals surface area contributed by atoms with Gasteiger partial charge in [0.15, 0.2) is 0 Å². The molecule has 3 rings (SSSR count). The van der Waals surface area contributed by atoms with E-state index in [1.54, 1.807) is 30.3 Å². The number of hydrogen-bond acceptors (Lipinski definition) is 4. The molecule has 1 fully saturated rings. The Labute approximate surface area is 130 Å². The zero-order chi connectivity index (χ0) is 15.5. The molecule has 0 unspecified atom stereocenters. The number of piperidine rings is 1. The van der Waals surface area contributed by atoms with Gasteiger partial charge in [0, 0.05) is 30.8 Å². The second kappa shape index (κ2) is 6.18. The van der Waals surface area contributed by atoms with Crippen LogP contribution in [0.3, 0.4) is 0 Å². The van der Waals surface area contributed by atoms with E-state index in [4.69, 9.17) is 0 Å². The summed E-state index contributed by atoms with van der Waals surface area (Å²) in [6, 6.07) is 7.06. The second-order valence-electron chi connectivity index (χ2n) is 5.64. The van der Waals surface area contributed by atoms with Crippen LogP contribution < -0.4 is 5.32 Å². The molecule has 1 saturated heterocycles. The molecule has 0 aromatic heterocycles. The van der Waals surface area contributed by atoms with Gasteiger partial charge in [-0.25, -0.2) is 0 Å². The van der Waals surface area contributed by atoms with E-state index in [-0.39, 0.29) is 11.6 Å². The summed E-state index contributed by atoms with van der Waals surface area (Å²) >= 11 is 0. The van der Waals surface area contributed by atoms with Gasteiger partial charge in [-0.05, 0) is 19.3 Å². The molecule has 0 spiro atoms. The third-order valence-corrected chi connectivity index (χ3v) is 4.19. The van der Waals surface area contributed by atoms with Crippen LogP contribution in [0, 0.1) is 0 Å². The smallest absolute Gasteiger partial charge is 0.212 e. The maximum atomic E-state index is 12.9. The number of nitrogens with one attached hydrogen (secondary N) is 1. The molecule has 4 heteroatoms. The third kappa shape index (κ3) is 2.45. The van der Waals surface area contributed by atoms with Crippen molar-refractivity contribution >= 4 is 11.6 Å². The molecule has 22 heavy (non-hydrogen) atoms. The van der Waals surface area contributed by atoms with Crippen molar-refractivity contribution in [2.75, 3.05) is 19.6 Å². The quantitative estimate of drug-likeness (QED) is 0.868.